The van der Waals surface area contributed by atoms with Gasteiger partial charge in [0, 0.05) is 23.2 Å². The Hall–Kier alpha value is -1.85. The standard InChI is InChI=1S/C13H12ClNO4/c1-7-10(14)3-2-8-11(7)15(4-5-16)6-9(12(8)17)13(18)19/h2-3,6,16H,4-5H2,1H3,(H,18,19). The molecule has 0 aliphatic carbocycles. The van der Waals surface area contributed by atoms with E-state index >= 15 is 0 Å². The third kappa shape index (κ3) is 2.22. The normalized spacial score (nSPS) is 10.9. The summed E-state index contributed by atoms with van der Waals surface area (Å²) < 4.78 is 1.54. The number of carboxylic acids is 1. The lowest BCUT2D eigenvalue weighted by Crippen LogP contribution is -2.20. The molecule has 1 heterocycles. The largest absolute Gasteiger partial charge is 0.477 e. The number of aliphatic hydroxyl groups is 1. The van der Waals surface area contributed by atoms with Crippen LogP contribution in [0.4, 0.5) is 0 Å². The minimum atomic E-state index is -1.29. The molecule has 5 nitrogen and oxygen atoms in total. The fourth-order valence-electron chi connectivity index (χ4n) is 2.09. The minimum Gasteiger partial charge on any atom is -0.477 e. The highest BCUT2D eigenvalue weighted by atomic mass is 35.5. The second kappa shape index (κ2) is 5.03. The molecule has 0 aliphatic heterocycles. The summed E-state index contributed by atoms with van der Waals surface area (Å²) in [6.45, 7) is 1.78. The summed E-state index contributed by atoms with van der Waals surface area (Å²) in [5.74, 6) is -1.29. The predicted octanol–water partition coefficient (Wildman–Crippen LogP) is 1.65. The van der Waals surface area contributed by atoms with Crippen molar-refractivity contribution in [2.75, 3.05) is 6.61 Å². The third-order valence-electron chi connectivity index (χ3n) is 3.00. The second-order valence-electron chi connectivity index (χ2n) is 4.16. The summed E-state index contributed by atoms with van der Waals surface area (Å²) in [6, 6.07) is 3.07. The molecule has 0 saturated heterocycles. The fraction of sp³-hybridized carbons (Fsp3) is 0.231. The quantitative estimate of drug-likeness (QED) is 0.896. The molecule has 2 rings (SSSR count). The molecule has 2 aromatic rings. The van der Waals surface area contributed by atoms with Crippen molar-refractivity contribution in [2.24, 2.45) is 0 Å². The molecule has 0 atom stereocenters. The lowest BCUT2D eigenvalue weighted by atomic mass is 10.1. The van der Waals surface area contributed by atoms with E-state index in [4.69, 9.17) is 21.8 Å². The van der Waals surface area contributed by atoms with Crippen molar-refractivity contribution in [1.82, 2.24) is 4.57 Å². The molecule has 0 radical (unpaired) electrons. The highest BCUT2D eigenvalue weighted by Crippen LogP contribution is 2.24. The molecule has 0 fully saturated rings. The predicted molar refractivity (Wildman–Crippen MR) is 72.0 cm³/mol. The average molecular weight is 282 g/mol. The van der Waals surface area contributed by atoms with Crippen molar-refractivity contribution in [3.8, 4) is 0 Å². The first-order chi connectivity index (χ1) is 8.97. The van der Waals surface area contributed by atoms with Gasteiger partial charge < -0.3 is 14.8 Å². The van der Waals surface area contributed by atoms with Gasteiger partial charge in [-0.1, -0.05) is 11.6 Å². The van der Waals surface area contributed by atoms with E-state index in [1.54, 1.807) is 17.6 Å². The average Bonchev–Trinajstić information content (AvgIpc) is 2.36. The van der Waals surface area contributed by atoms with Crippen LogP contribution in [-0.4, -0.2) is 27.4 Å². The molecule has 0 aliphatic rings. The first-order valence-corrected chi connectivity index (χ1v) is 6.01. The molecule has 0 spiro atoms. The van der Waals surface area contributed by atoms with E-state index in [0.717, 1.165) is 0 Å². The van der Waals surface area contributed by atoms with Gasteiger partial charge in [-0.3, -0.25) is 4.79 Å². The van der Waals surface area contributed by atoms with Crippen LogP contribution in [0.15, 0.2) is 23.1 Å². The summed E-state index contributed by atoms with van der Waals surface area (Å²) in [4.78, 5) is 23.2. The Bertz CT molecular complexity index is 721. The molecule has 0 bridgehead atoms. The molecule has 6 heteroatoms. The van der Waals surface area contributed by atoms with E-state index in [1.807, 2.05) is 0 Å². The van der Waals surface area contributed by atoms with Crippen LogP contribution in [0.1, 0.15) is 15.9 Å². The van der Waals surface area contributed by atoms with Gasteiger partial charge in [0.1, 0.15) is 5.56 Å². The van der Waals surface area contributed by atoms with Gasteiger partial charge in [0.25, 0.3) is 0 Å². The van der Waals surface area contributed by atoms with E-state index in [1.165, 1.54) is 12.3 Å². The molecule has 0 amide bonds. The number of carboxylic acid groups (broad SMARTS) is 1. The van der Waals surface area contributed by atoms with E-state index in [0.29, 0.717) is 16.1 Å². The summed E-state index contributed by atoms with van der Waals surface area (Å²) in [7, 11) is 0. The zero-order chi connectivity index (χ0) is 14.2. The Morgan fingerprint density at radius 3 is 2.68 bits per heavy atom. The highest BCUT2D eigenvalue weighted by molar-refractivity contribution is 6.32. The van der Waals surface area contributed by atoms with Crippen molar-refractivity contribution in [2.45, 2.75) is 13.5 Å². The number of aromatic carboxylic acids is 1. The SMILES string of the molecule is Cc1c(Cl)ccc2c(=O)c(C(=O)O)cn(CCO)c12. The van der Waals surface area contributed by atoms with Gasteiger partial charge in [0.05, 0.1) is 12.1 Å². The zero-order valence-electron chi connectivity index (χ0n) is 10.2. The number of carbonyl (C=O) groups is 1. The van der Waals surface area contributed by atoms with Crippen molar-refractivity contribution < 1.29 is 15.0 Å². The van der Waals surface area contributed by atoms with Crippen molar-refractivity contribution >= 4 is 28.5 Å². The number of hydrogen-bond donors (Lipinski definition) is 2. The summed E-state index contributed by atoms with van der Waals surface area (Å²) in [5, 5.41) is 18.9. The van der Waals surface area contributed by atoms with E-state index in [2.05, 4.69) is 0 Å². The van der Waals surface area contributed by atoms with Crippen LogP contribution in [0.5, 0.6) is 0 Å². The van der Waals surface area contributed by atoms with Crippen LogP contribution in [0.25, 0.3) is 10.9 Å². The van der Waals surface area contributed by atoms with Crippen molar-refractivity contribution in [3.05, 3.63) is 44.7 Å². The Morgan fingerprint density at radius 1 is 1.42 bits per heavy atom. The Morgan fingerprint density at radius 2 is 2.11 bits per heavy atom. The molecule has 0 unspecified atom stereocenters. The molecule has 19 heavy (non-hydrogen) atoms. The number of fused-ring (bicyclic) bond motifs is 1. The van der Waals surface area contributed by atoms with Crippen LogP contribution < -0.4 is 5.43 Å². The van der Waals surface area contributed by atoms with Gasteiger partial charge in [-0.05, 0) is 24.6 Å². The number of pyridine rings is 1. The number of halogens is 1. The van der Waals surface area contributed by atoms with Crippen LogP contribution in [0.3, 0.4) is 0 Å². The number of nitrogens with zero attached hydrogens (tertiary/aromatic N) is 1. The van der Waals surface area contributed by atoms with E-state index < -0.39 is 11.4 Å². The van der Waals surface area contributed by atoms with Gasteiger partial charge in [0.2, 0.25) is 5.43 Å². The van der Waals surface area contributed by atoms with Crippen LogP contribution in [0, 0.1) is 6.92 Å². The summed E-state index contributed by atoms with van der Waals surface area (Å²) in [5.41, 5.74) is 0.373. The fourth-order valence-corrected chi connectivity index (χ4v) is 2.24. The van der Waals surface area contributed by atoms with Crippen LogP contribution >= 0.6 is 11.6 Å². The molecular formula is C13H12ClNO4. The van der Waals surface area contributed by atoms with E-state index in [9.17, 15) is 9.59 Å². The van der Waals surface area contributed by atoms with Gasteiger partial charge in [-0.2, -0.15) is 0 Å². The summed E-state index contributed by atoms with van der Waals surface area (Å²) >= 11 is 6.02. The lowest BCUT2D eigenvalue weighted by Gasteiger charge is -2.14. The first kappa shape index (κ1) is 13.6. The Balaban J connectivity index is 2.96. The van der Waals surface area contributed by atoms with E-state index in [-0.39, 0.29) is 24.1 Å². The Kier molecular flexibility index (Phi) is 3.59. The molecule has 100 valence electrons. The second-order valence-corrected chi connectivity index (χ2v) is 4.57. The van der Waals surface area contributed by atoms with Crippen LogP contribution in [0.2, 0.25) is 5.02 Å². The minimum absolute atomic E-state index is 0.164. The summed E-state index contributed by atoms with van der Waals surface area (Å²) in [6.07, 6.45) is 1.24. The maximum Gasteiger partial charge on any atom is 0.341 e. The number of hydrogen-bond acceptors (Lipinski definition) is 3. The van der Waals surface area contributed by atoms with Crippen molar-refractivity contribution in [3.63, 3.8) is 0 Å². The molecule has 1 aromatic heterocycles. The number of aromatic nitrogens is 1. The molecule has 1 aromatic carbocycles. The first-order valence-electron chi connectivity index (χ1n) is 5.63. The van der Waals surface area contributed by atoms with Crippen LogP contribution in [-0.2, 0) is 6.54 Å². The smallest absolute Gasteiger partial charge is 0.341 e. The Labute approximate surface area is 113 Å². The number of aliphatic hydroxyl groups excluding tert-OH is 1. The van der Waals surface area contributed by atoms with Crippen molar-refractivity contribution in [1.29, 1.82) is 0 Å². The monoisotopic (exact) mass is 281 g/mol. The zero-order valence-corrected chi connectivity index (χ0v) is 10.9. The van der Waals surface area contributed by atoms with Gasteiger partial charge in [-0.15, -0.1) is 0 Å². The molecule has 2 N–H and O–H groups in total. The molecular weight excluding hydrogens is 270 g/mol. The topological polar surface area (TPSA) is 79.5 Å². The lowest BCUT2D eigenvalue weighted by molar-refractivity contribution is 0.0694. The number of aryl methyl sites for hydroxylation is 1. The maximum absolute atomic E-state index is 12.1. The van der Waals surface area contributed by atoms with Gasteiger partial charge in [-0.25, -0.2) is 4.79 Å². The number of rotatable bonds is 3. The van der Waals surface area contributed by atoms with Gasteiger partial charge >= 0.3 is 5.97 Å². The number of benzene rings is 1. The third-order valence-corrected chi connectivity index (χ3v) is 3.41. The highest BCUT2D eigenvalue weighted by Gasteiger charge is 2.16. The molecule has 0 saturated carbocycles. The maximum atomic E-state index is 12.1. The van der Waals surface area contributed by atoms with Gasteiger partial charge in [0.15, 0.2) is 0 Å².